The van der Waals surface area contributed by atoms with Gasteiger partial charge in [-0.15, -0.1) is 0 Å². The highest BCUT2D eigenvalue weighted by Crippen LogP contribution is 2.40. The van der Waals surface area contributed by atoms with Crippen LogP contribution in [0.3, 0.4) is 0 Å². The second-order valence-corrected chi connectivity index (χ2v) is 6.99. The second-order valence-electron chi connectivity index (χ2n) is 6.99. The third kappa shape index (κ3) is 3.39. The van der Waals surface area contributed by atoms with E-state index >= 15 is 0 Å². The highest BCUT2D eigenvalue weighted by atomic mass is 16.5. The molecule has 0 aromatic carbocycles. The summed E-state index contributed by atoms with van der Waals surface area (Å²) < 4.78 is 7.14. The molecule has 1 amide bonds. The Morgan fingerprint density at radius 3 is 2.84 bits per heavy atom. The van der Waals surface area contributed by atoms with Crippen molar-refractivity contribution in [3.63, 3.8) is 0 Å². The molecule has 1 saturated heterocycles. The number of aromatic nitrogens is 3. The van der Waals surface area contributed by atoms with Gasteiger partial charge >= 0.3 is 0 Å². The Hall–Kier alpha value is -1.99. The summed E-state index contributed by atoms with van der Waals surface area (Å²) in [7, 11) is 1.89. The maximum Gasteiger partial charge on any atom is 0.252 e. The first-order valence-corrected chi connectivity index (χ1v) is 9.06. The highest BCUT2D eigenvalue weighted by molar-refractivity contribution is 6.06. The van der Waals surface area contributed by atoms with Gasteiger partial charge in [-0.05, 0) is 25.8 Å². The lowest BCUT2D eigenvalue weighted by Crippen LogP contribution is -2.41. The van der Waals surface area contributed by atoms with Crippen LogP contribution >= 0.6 is 0 Å². The number of hydrogen-bond acceptors (Lipinski definition) is 5. The molecule has 2 fully saturated rings. The molecule has 25 heavy (non-hydrogen) atoms. The summed E-state index contributed by atoms with van der Waals surface area (Å²) in [6.07, 6.45) is 2.32. The van der Waals surface area contributed by atoms with Gasteiger partial charge in [-0.2, -0.15) is 5.10 Å². The Morgan fingerprint density at radius 1 is 1.36 bits per heavy atom. The second kappa shape index (κ2) is 6.72. The maximum absolute atomic E-state index is 12.8. The number of carbonyl (C=O) groups is 1. The van der Waals surface area contributed by atoms with Crippen molar-refractivity contribution in [3.05, 3.63) is 23.0 Å². The van der Waals surface area contributed by atoms with Crippen molar-refractivity contribution < 1.29 is 9.53 Å². The van der Waals surface area contributed by atoms with Crippen LogP contribution in [0, 0.1) is 6.92 Å². The van der Waals surface area contributed by atoms with E-state index in [-0.39, 0.29) is 5.91 Å². The van der Waals surface area contributed by atoms with Crippen molar-refractivity contribution in [2.75, 3.05) is 39.4 Å². The Morgan fingerprint density at radius 2 is 2.12 bits per heavy atom. The van der Waals surface area contributed by atoms with Gasteiger partial charge in [0.15, 0.2) is 5.65 Å². The fraction of sp³-hybridized carbons (Fsp3) is 0.611. The van der Waals surface area contributed by atoms with E-state index in [1.807, 2.05) is 20.0 Å². The number of fused-ring (bicyclic) bond motifs is 1. The third-order valence-electron chi connectivity index (χ3n) is 5.05. The number of carbonyl (C=O) groups excluding carboxylic acids is 1. The van der Waals surface area contributed by atoms with Gasteiger partial charge in [0.2, 0.25) is 0 Å². The van der Waals surface area contributed by atoms with Crippen LogP contribution in [0.1, 0.15) is 40.5 Å². The minimum atomic E-state index is -0.0290. The lowest BCUT2D eigenvalue weighted by atomic mass is 10.1. The number of pyridine rings is 1. The first-order valence-electron chi connectivity index (χ1n) is 9.06. The number of hydrogen-bond donors (Lipinski definition) is 1. The van der Waals surface area contributed by atoms with Crippen LogP contribution in [0.4, 0.5) is 0 Å². The van der Waals surface area contributed by atoms with Crippen LogP contribution in [0.2, 0.25) is 0 Å². The minimum absolute atomic E-state index is 0.0290. The molecule has 0 bridgehead atoms. The Balaban J connectivity index is 1.53. The molecule has 0 spiro atoms. The van der Waals surface area contributed by atoms with E-state index in [9.17, 15) is 4.79 Å². The molecule has 1 N–H and O–H groups in total. The number of nitrogens with zero attached hydrogens (tertiary/aromatic N) is 4. The maximum atomic E-state index is 12.8. The molecule has 1 aliphatic heterocycles. The zero-order valence-corrected chi connectivity index (χ0v) is 14.9. The molecule has 1 aliphatic carbocycles. The zero-order chi connectivity index (χ0) is 17.4. The van der Waals surface area contributed by atoms with E-state index in [1.54, 1.807) is 4.68 Å². The van der Waals surface area contributed by atoms with Crippen LogP contribution in [-0.2, 0) is 11.8 Å². The quantitative estimate of drug-likeness (QED) is 0.884. The molecular formula is C18H25N5O2. The SMILES string of the molecule is Cc1nn(C)c2nc(C3CC3)cc(C(=O)NCCN3CCOCC3)c12. The van der Waals surface area contributed by atoms with Gasteiger partial charge in [0.1, 0.15) is 0 Å². The number of morpholine rings is 1. The standard InChI is InChI=1S/C18H25N5O2/c1-12-16-14(18(24)19-5-6-23-7-9-25-10-8-23)11-15(13-3-4-13)20-17(16)22(2)21-12/h11,13H,3-10H2,1-2H3,(H,19,24). The van der Waals surface area contributed by atoms with E-state index in [0.29, 0.717) is 18.0 Å². The Labute approximate surface area is 147 Å². The number of ether oxygens (including phenoxy) is 1. The number of amides is 1. The molecule has 3 heterocycles. The topological polar surface area (TPSA) is 72.3 Å². The van der Waals surface area contributed by atoms with E-state index in [2.05, 4.69) is 15.3 Å². The van der Waals surface area contributed by atoms with Gasteiger partial charge in [-0.1, -0.05) is 0 Å². The van der Waals surface area contributed by atoms with Crippen molar-refractivity contribution >= 4 is 16.9 Å². The average molecular weight is 343 g/mol. The third-order valence-corrected chi connectivity index (χ3v) is 5.05. The molecule has 2 aromatic heterocycles. The monoisotopic (exact) mass is 343 g/mol. The molecule has 0 unspecified atom stereocenters. The van der Waals surface area contributed by atoms with Crippen molar-refractivity contribution in [2.24, 2.45) is 7.05 Å². The molecule has 1 saturated carbocycles. The molecule has 4 rings (SSSR count). The summed E-state index contributed by atoms with van der Waals surface area (Å²) in [6.45, 7) is 6.85. The van der Waals surface area contributed by atoms with Crippen LogP contribution in [0.5, 0.6) is 0 Å². The zero-order valence-electron chi connectivity index (χ0n) is 14.9. The predicted octanol–water partition coefficient (Wildman–Crippen LogP) is 1.22. The fourth-order valence-electron chi connectivity index (χ4n) is 3.48. The Bertz CT molecular complexity index is 790. The van der Waals surface area contributed by atoms with Gasteiger partial charge in [-0.3, -0.25) is 14.4 Å². The molecule has 134 valence electrons. The lowest BCUT2D eigenvalue weighted by Gasteiger charge is -2.26. The molecule has 2 aliphatic rings. The van der Waals surface area contributed by atoms with E-state index in [4.69, 9.17) is 9.72 Å². The summed E-state index contributed by atoms with van der Waals surface area (Å²) in [5.41, 5.74) is 3.39. The summed E-state index contributed by atoms with van der Waals surface area (Å²) in [5, 5.41) is 8.41. The fourth-order valence-corrected chi connectivity index (χ4v) is 3.48. The van der Waals surface area contributed by atoms with E-state index in [1.165, 1.54) is 0 Å². The normalized spacial score (nSPS) is 18.6. The predicted molar refractivity (Wildman–Crippen MR) is 94.8 cm³/mol. The van der Waals surface area contributed by atoms with Crippen LogP contribution in [0.25, 0.3) is 11.0 Å². The smallest absolute Gasteiger partial charge is 0.252 e. The van der Waals surface area contributed by atoms with Crippen molar-refractivity contribution in [2.45, 2.75) is 25.7 Å². The van der Waals surface area contributed by atoms with Gasteiger partial charge in [0, 0.05) is 44.8 Å². The van der Waals surface area contributed by atoms with Gasteiger partial charge < -0.3 is 10.1 Å². The van der Waals surface area contributed by atoms with Gasteiger partial charge in [0.05, 0.1) is 29.9 Å². The van der Waals surface area contributed by atoms with Crippen LogP contribution in [-0.4, -0.2) is 65.0 Å². The summed E-state index contributed by atoms with van der Waals surface area (Å²) in [5.74, 6) is 0.471. The van der Waals surface area contributed by atoms with E-state index < -0.39 is 0 Å². The number of nitrogens with one attached hydrogen (secondary N) is 1. The molecule has 0 radical (unpaired) electrons. The lowest BCUT2D eigenvalue weighted by molar-refractivity contribution is 0.0383. The van der Waals surface area contributed by atoms with Crippen molar-refractivity contribution in [1.82, 2.24) is 25.0 Å². The molecular weight excluding hydrogens is 318 g/mol. The van der Waals surface area contributed by atoms with Gasteiger partial charge in [-0.25, -0.2) is 4.98 Å². The number of aryl methyl sites for hydroxylation is 2. The molecule has 7 nitrogen and oxygen atoms in total. The van der Waals surface area contributed by atoms with E-state index in [0.717, 1.165) is 68.1 Å². The largest absolute Gasteiger partial charge is 0.379 e. The summed E-state index contributed by atoms with van der Waals surface area (Å²) in [4.78, 5) is 19.9. The van der Waals surface area contributed by atoms with Crippen molar-refractivity contribution in [1.29, 1.82) is 0 Å². The van der Waals surface area contributed by atoms with Crippen LogP contribution in [0.15, 0.2) is 6.07 Å². The molecule has 7 heteroatoms. The summed E-state index contributed by atoms with van der Waals surface area (Å²) in [6, 6.07) is 1.97. The number of rotatable bonds is 5. The molecule has 0 atom stereocenters. The minimum Gasteiger partial charge on any atom is -0.379 e. The first-order chi connectivity index (χ1) is 12.1. The van der Waals surface area contributed by atoms with Crippen LogP contribution < -0.4 is 5.32 Å². The molecule has 2 aromatic rings. The van der Waals surface area contributed by atoms with Crippen molar-refractivity contribution in [3.8, 4) is 0 Å². The highest BCUT2D eigenvalue weighted by Gasteiger charge is 2.28. The first kappa shape index (κ1) is 16.5. The summed E-state index contributed by atoms with van der Waals surface area (Å²) >= 11 is 0. The van der Waals surface area contributed by atoms with Gasteiger partial charge in [0.25, 0.3) is 5.91 Å². The average Bonchev–Trinajstić information content (AvgIpc) is 3.42. The Kier molecular flexibility index (Phi) is 4.43.